The summed E-state index contributed by atoms with van der Waals surface area (Å²) in [4.78, 5) is 16.0. The Labute approximate surface area is 197 Å². The minimum absolute atomic E-state index is 0.0718. The van der Waals surface area contributed by atoms with E-state index in [-0.39, 0.29) is 18.3 Å². The van der Waals surface area contributed by atoms with Crippen LogP contribution in [0.25, 0.3) is 16.7 Å². The van der Waals surface area contributed by atoms with Crippen molar-refractivity contribution in [2.75, 3.05) is 13.2 Å². The Bertz CT molecular complexity index is 1410. The zero-order valence-corrected chi connectivity index (χ0v) is 19.0. The zero-order chi connectivity index (χ0) is 23.2. The maximum Gasteiger partial charge on any atom is 0.304 e. The standard InChI is InChI=1S/C28H26N2O4/c1-2-26-29-22-7-3-4-8-23(22)30(26)24-9-5-6-21-18(16-34-28(21)24)12-17-10-11-20-19(14-27(31)32)15-33-25(20)13-17/h3-11,13,18-19H,2,12,14-16H2,1H3,(H,31,32)/t18-,19-/m1/s1. The molecule has 3 heterocycles. The maximum atomic E-state index is 11.1. The molecule has 6 nitrogen and oxygen atoms in total. The van der Waals surface area contributed by atoms with Gasteiger partial charge in [-0.05, 0) is 36.2 Å². The van der Waals surface area contributed by atoms with E-state index < -0.39 is 5.97 Å². The molecule has 3 aromatic carbocycles. The van der Waals surface area contributed by atoms with Crippen LogP contribution in [-0.2, 0) is 17.6 Å². The molecule has 2 aliphatic rings. The molecular weight excluding hydrogens is 428 g/mol. The van der Waals surface area contributed by atoms with Crippen molar-refractivity contribution in [3.63, 3.8) is 0 Å². The first kappa shape index (κ1) is 20.8. The lowest BCUT2D eigenvalue weighted by molar-refractivity contribution is -0.137. The predicted octanol–water partition coefficient (Wildman–Crippen LogP) is 5.26. The van der Waals surface area contributed by atoms with Crippen molar-refractivity contribution in [1.82, 2.24) is 9.55 Å². The Hall–Kier alpha value is -3.80. The number of rotatable bonds is 6. The number of fused-ring (bicyclic) bond motifs is 3. The molecule has 0 saturated heterocycles. The van der Waals surface area contributed by atoms with E-state index >= 15 is 0 Å². The Kier molecular flexibility index (Phi) is 5.01. The van der Waals surface area contributed by atoms with Gasteiger partial charge in [-0.15, -0.1) is 0 Å². The molecule has 6 rings (SSSR count). The quantitative estimate of drug-likeness (QED) is 0.430. The molecular formula is C28H26N2O4. The summed E-state index contributed by atoms with van der Waals surface area (Å²) in [6.45, 7) is 3.18. The molecule has 0 amide bonds. The molecule has 172 valence electrons. The number of hydrogen-bond donors (Lipinski definition) is 1. The third-order valence-corrected chi connectivity index (χ3v) is 6.94. The van der Waals surface area contributed by atoms with Gasteiger partial charge in [0.05, 0.1) is 36.4 Å². The number of ether oxygens (including phenoxy) is 2. The third kappa shape index (κ3) is 3.41. The lowest BCUT2D eigenvalue weighted by Crippen LogP contribution is -2.07. The Balaban J connectivity index is 1.31. The van der Waals surface area contributed by atoms with Crippen LogP contribution in [0.15, 0.2) is 60.7 Å². The third-order valence-electron chi connectivity index (χ3n) is 6.94. The summed E-state index contributed by atoms with van der Waals surface area (Å²) >= 11 is 0. The van der Waals surface area contributed by atoms with E-state index in [0.717, 1.165) is 52.4 Å². The first-order chi connectivity index (χ1) is 16.6. The van der Waals surface area contributed by atoms with Crippen molar-refractivity contribution >= 4 is 17.0 Å². The van der Waals surface area contributed by atoms with Crippen molar-refractivity contribution < 1.29 is 19.4 Å². The maximum absolute atomic E-state index is 11.1. The summed E-state index contributed by atoms with van der Waals surface area (Å²) in [5.74, 6) is 2.14. The molecule has 0 bridgehead atoms. The Morgan fingerprint density at radius 3 is 2.74 bits per heavy atom. The number of imidazole rings is 1. The topological polar surface area (TPSA) is 73.6 Å². The molecule has 0 saturated carbocycles. The van der Waals surface area contributed by atoms with Gasteiger partial charge in [0, 0.05) is 29.4 Å². The monoisotopic (exact) mass is 454 g/mol. The molecule has 0 radical (unpaired) electrons. The average molecular weight is 455 g/mol. The number of hydrogen-bond acceptors (Lipinski definition) is 4. The lowest BCUT2D eigenvalue weighted by Gasteiger charge is -2.13. The second-order valence-electron chi connectivity index (χ2n) is 9.09. The number of aliphatic carboxylic acids is 1. The molecule has 34 heavy (non-hydrogen) atoms. The molecule has 4 aromatic rings. The minimum Gasteiger partial charge on any atom is -0.493 e. The highest BCUT2D eigenvalue weighted by atomic mass is 16.5. The second kappa shape index (κ2) is 8.20. The van der Waals surface area contributed by atoms with Gasteiger partial charge in [-0.3, -0.25) is 9.36 Å². The van der Waals surface area contributed by atoms with Crippen molar-refractivity contribution in [2.24, 2.45) is 0 Å². The first-order valence-electron chi connectivity index (χ1n) is 11.8. The molecule has 0 aliphatic carbocycles. The average Bonchev–Trinajstić information content (AvgIpc) is 3.54. The van der Waals surface area contributed by atoms with Crippen molar-refractivity contribution in [2.45, 2.75) is 38.0 Å². The van der Waals surface area contributed by atoms with Gasteiger partial charge in [-0.2, -0.15) is 0 Å². The van der Waals surface area contributed by atoms with Gasteiger partial charge >= 0.3 is 5.97 Å². The lowest BCUT2D eigenvalue weighted by atomic mass is 9.91. The van der Waals surface area contributed by atoms with Crippen molar-refractivity contribution in [3.8, 4) is 17.2 Å². The Morgan fingerprint density at radius 2 is 1.88 bits per heavy atom. The largest absolute Gasteiger partial charge is 0.493 e. The van der Waals surface area contributed by atoms with E-state index in [0.29, 0.717) is 13.2 Å². The summed E-state index contributed by atoms with van der Waals surface area (Å²) in [5, 5.41) is 9.14. The van der Waals surface area contributed by atoms with Crippen LogP contribution in [0.1, 0.15) is 47.7 Å². The highest BCUT2D eigenvalue weighted by molar-refractivity contribution is 5.79. The first-order valence-corrected chi connectivity index (χ1v) is 11.8. The van der Waals surface area contributed by atoms with Gasteiger partial charge in [-0.1, -0.05) is 43.3 Å². The zero-order valence-electron chi connectivity index (χ0n) is 19.0. The normalized spacial score (nSPS) is 18.4. The van der Waals surface area contributed by atoms with Gasteiger partial charge in [0.2, 0.25) is 0 Å². The van der Waals surface area contributed by atoms with Gasteiger partial charge < -0.3 is 14.6 Å². The summed E-state index contributed by atoms with van der Waals surface area (Å²) in [6, 6.07) is 20.8. The number of aromatic nitrogens is 2. The van der Waals surface area contributed by atoms with Crippen molar-refractivity contribution in [3.05, 3.63) is 83.2 Å². The Morgan fingerprint density at radius 1 is 1.03 bits per heavy atom. The van der Waals surface area contributed by atoms with E-state index in [1.54, 1.807) is 0 Å². The minimum atomic E-state index is -0.794. The second-order valence-corrected chi connectivity index (χ2v) is 9.09. The van der Waals surface area contributed by atoms with E-state index in [4.69, 9.17) is 19.6 Å². The molecule has 0 unspecified atom stereocenters. The van der Waals surface area contributed by atoms with Gasteiger partial charge in [0.25, 0.3) is 0 Å². The van der Waals surface area contributed by atoms with E-state index in [1.807, 2.05) is 18.2 Å². The fourth-order valence-corrected chi connectivity index (χ4v) is 5.33. The number of nitrogens with zero attached hydrogens (tertiary/aromatic N) is 2. The highest BCUT2D eigenvalue weighted by Gasteiger charge is 2.30. The van der Waals surface area contributed by atoms with Gasteiger partial charge in [0.1, 0.15) is 17.3 Å². The number of para-hydroxylation sites is 3. The number of carboxylic acids is 1. The number of benzene rings is 3. The van der Waals surface area contributed by atoms with Crippen LogP contribution in [-0.4, -0.2) is 33.8 Å². The van der Waals surface area contributed by atoms with Crippen LogP contribution in [0.4, 0.5) is 0 Å². The van der Waals surface area contributed by atoms with E-state index in [2.05, 4.69) is 54.0 Å². The van der Waals surface area contributed by atoms with Gasteiger partial charge in [-0.25, -0.2) is 4.98 Å². The van der Waals surface area contributed by atoms with E-state index in [1.165, 1.54) is 11.1 Å². The molecule has 1 aromatic heterocycles. The fourth-order valence-electron chi connectivity index (χ4n) is 5.33. The molecule has 1 N–H and O–H groups in total. The summed E-state index contributed by atoms with van der Waals surface area (Å²) in [5.41, 5.74) is 6.50. The van der Waals surface area contributed by atoms with Crippen LogP contribution in [0.5, 0.6) is 11.5 Å². The molecule has 0 fully saturated rings. The molecule has 0 spiro atoms. The smallest absolute Gasteiger partial charge is 0.304 e. The predicted molar refractivity (Wildman–Crippen MR) is 129 cm³/mol. The van der Waals surface area contributed by atoms with E-state index in [9.17, 15) is 4.79 Å². The highest BCUT2D eigenvalue weighted by Crippen LogP contribution is 2.43. The number of carboxylic acid groups (broad SMARTS) is 1. The number of aryl methyl sites for hydroxylation is 1. The van der Waals surface area contributed by atoms with Gasteiger partial charge in [0.15, 0.2) is 0 Å². The van der Waals surface area contributed by atoms with Crippen LogP contribution in [0, 0.1) is 0 Å². The SMILES string of the molecule is CCc1nc2ccccc2n1-c1cccc2c1OC[C@H]2Cc1ccc2c(c1)OC[C@H]2CC(=O)O. The summed E-state index contributed by atoms with van der Waals surface area (Å²) in [6.07, 6.45) is 1.77. The van der Waals surface area contributed by atoms with Crippen LogP contribution >= 0.6 is 0 Å². The summed E-state index contributed by atoms with van der Waals surface area (Å²) in [7, 11) is 0. The molecule has 2 aliphatic heterocycles. The summed E-state index contributed by atoms with van der Waals surface area (Å²) < 4.78 is 14.3. The van der Waals surface area contributed by atoms with Crippen molar-refractivity contribution in [1.29, 1.82) is 0 Å². The van der Waals surface area contributed by atoms with Crippen LogP contribution < -0.4 is 9.47 Å². The van der Waals surface area contributed by atoms with Crippen LogP contribution in [0.2, 0.25) is 0 Å². The molecule has 2 atom stereocenters. The van der Waals surface area contributed by atoms with Crippen LogP contribution in [0.3, 0.4) is 0 Å². The number of carbonyl (C=O) groups is 1. The molecule has 6 heteroatoms. The fraction of sp³-hybridized carbons (Fsp3) is 0.286.